The predicted molar refractivity (Wildman–Crippen MR) is 139 cm³/mol. The van der Waals surface area contributed by atoms with Crippen molar-refractivity contribution >= 4 is 22.8 Å². The van der Waals surface area contributed by atoms with Crippen molar-refractivity contribution < 1.29 is 14.3 Å². The molecule has 0 saturated heterocycles. The van der Waals surface area contributed by atoms with Gasteiger partial charge in [-0.25, -0.2) is 0 Å². The molecule has 0 radical (unpaired) electrons. The first-order chi connectivity index (χ1) is 17.1. The minimum atomic E-state index is -0.319. The van der Waals surface area contributed by atoms with E-state index in [9.17, 15) is 10.1 Å². The van der Waals surface area contributed by atoms with Gasteiger partial charge >= 0.3 is 0 Å². The highest BCUT2D eigenvalue weighted by Gasteiger charge is 2.24. The second kappa shape index (κ2) is 11.6. The van der Waals surface area contributed by atoms with Gasteiger partial charge in [-0.2, -0.15) is 5.26 Å². The SMILES string of the molecule is CCOc1cc(/C=C(\C#N)C(=O)N[C@H]2CCCC[C@@H]2C)ccc1OCc1cccc2ccccc12. The molecule has 1 aliphatic carbocycles. The number of hydrogen-bond donors (Lipinski definition) is 1. The summed E-state index contributed by atoms with van der Waals surface area (Å²) in [6.07, 6.45) is 5.99. The third kappa shape index (κ3) is 6.02. The molecule has 0 aliphatic heterocycles. The van der Waals surface area contributed by atoms with Crippen LogP contribution in [-0.4, -0.2) is 18.6 Å². The maximum absolute atomic E-state index is 12.8. The lowest BCUT2D eigenvalue weighted by Crippen LogP contribution is -2.41. The van der Waals surface area contributed by atoms with Crippen molar-refractivity contribution in [1.82, 2.24) is 5.32 Å². The van der Waals surface area contributed by atoms with Crippen LogP contribution in [0, 0.1) is 17.2 Å². The molecule has 35 heavy (non-hydrogen) atoms. The Hall–Kier alpha value is -3.78. The van der Waals surface area contributed by atoms with Crippen LogP contribution >= 0.6 is 0 Å². The van der Waals surface area contributed by atoms with Gasteiger partial charge in [0.15, 0.2) is 11.5 Å². The number of nitrogens with zero attached hydrogens (tertiary/aromatic N) is 1. The molecule has 1 fully saturated rings. The van der Waals surface area contributed by atoms with Crippen LogP contribution in [0.1, 0.15) is 50.7 Å². The molecule has 1 N–H and O–H groups in total. The number of carbonyl (C=O) groups is 1. The molecule has 0 unspecified atom stereocenters. The molecule has 3 aromatic rings. The molecule has 4 rings (SSSR count). The number of amides is 1. The van der Waals surface area contributed by atoms with Gasteiger partial charge < -0.3 is 14.8 Å². The molecule has 1 amide bonds. The van der Waals surface area contributed by atoms with Gasteiger partial charge in [0, 0.05) is 6.04 Å². The number of benzene rings is 3. The van der Waals surface area contributed by atoms with E-state index in [-0.39, 0.29) is 17.5 Å². The average Bonchev–Trinajstić information content (AvgIpc) is 2.88. The molecule has 0 aromatic heterocycles. The number of nitrogens with one attached hydrogen (secondary N) is 1. The number of ether oxygens (including phenoxy) is 2. The summed E-state index contributed by atoms with van der Waals surface area (Å²) in [5.41, 5.74) is 1.90. The topological polar surface area (TPSA) is 71.3 Å². The number of hydrogen-bond acceptors (Lipinski definition) is 4. The lowest BCUT2D eigenvalue weighted by atomic mass is 9.86. The number of carbonyl (C=O) groups excluding carboxylic acids is 1. The average molecular weight is 469 g/mol. The van der Waals surface area contributed by atoms with E-state index in [4.69, 9.17) is 9.47 Å². The van der Waals surface area contributed by atoms with E-state index >= 15 is 0 Å². The van der Waals surface area contributed by atoms with Crippen molar-refractivity contribution in [3.8, 4) is 17.6 Å². The van der Waals surface area contributed by atoms with Crippen molar-refractivity contribution in [3.05, 3.63) is 77.4 Å². The fourth-order valence-corrected chi connectivity index (χ4v) is 4.67. The minimum absolute atomic E-state index is 0.0923. The first-order valence-corrected chi connectivity index (χ1v) is 12.4. The minimum Gasteiger partial charge on any atom is -0.490 e. The Morgan fingerprint density at radius 2 is 1.86 bits per heavy atom. The highest BCUT2D eigenvalue weighted by atomic mass is 16.5. The molecule has 180 valence electrons. The third-order valence-electron chi connectivity index (χ3n) is 6.63. The maximum atomic E-state index is 12.8. The normalized spacial score (nSPS) is 18.0. The van der Waals surface area contributed by atoms with E-state index < -0.39 is 0 Å². The number of fused-ring (bicyclic) bond motifs is 1. The molecule has 1 aliphatic rings. The highest BCUT2D eigenvalue weighted by molar-refractivity contribution is 6.01. The largest absolute Gasteiger partial charge is 0.490 e. The Bertz CT molecular complexity index is 1250. The van der Waals surface area contributed by atoms with Crippen LogP contribution in [0.4, 0.5) is 0 Å². The first kappa shape index (κ1) is 24.3. The maximum Gasteiger partial charge on any atom is 0.262 e. The monoisotopic (exact) mass is 468 g/mol. The lowest BCUT2D eigenvalue weighted by molar-refractivity contribution is -0.118. The van der Waals surface area contributed by atoms with Crippen molar-refractivity contribution in [2.45, 2.75) is 52.2 Å². The fourth-order valence-electron chi connectivity index (χ4n) is 4.67. The van der Waals surface area contributed by atoms with Crippen LogP contribution in [0.5, 0.6) is 11.5 Å². The van der Waals surface area contributed by atoms with Gasteiger partial charge in [-0.3, -0.25) is 4.79 Å². The number of nitriles is 1. The lowest BCUT2D eigenvalue weighted by Gasteiger charge is -2.29. The first-order valence-electron chi connectivity index (χ1n) is 12.4. The van der Waals surface area contributed by atoms with Crippen molar-refractivity contribution in [1.29, 1.82) is 5.26 Å². The van der Waals surface area contributed by atoms with E-state index in [1.165, 1.54) is 11.8 Å². The molecule has 3 aromatic carbocycles. The Kier molecular flexibility index (Phi) is 8.05. The summed E-state index contributed by atoms with van der Waals surface area (Å²) in [5, 5.41) is 15.0. The second-order valence-corrected chi connectivity index (χ2v) is 9.08. The summed E-state index contributed by atoms with van der Waals surface area (Å²) in [6.45, 7) is 4.95. The van der Waals surface area contributed by atoms with E-state index in [1.807, 2.05) is 43.3 Å². The van der Waals surface area contributed by atoms with Gasteiger partial charge in [0.05, 0.1) is 6.61 Å². The molecule has 5 heteroatoms. The molecular weight excluding hydrogens is 436 g/mol. The smallest absolute Gasteiger partial charge is 0.262 e. The van der Waals surface area contributed by atoms with Crippen molar-refractivity contribution in [2.75, 3.05) is 6.61 Å². The summed E-state index contributed by atoms with van der Waals surface area (Å²) >= 11 is 0. The van der Waals surface area contributed by atoms with E-state index in [0.29, 0.717) is 36.2 Å². The highest BCUT2D eigenvalue weighted by Crippen LogP contribution is 2.31. The predicted octanol–water partition coefficient (Wildman–Crippen LogP) is 6.42. The Labute approximate surface area is 207 Å². The summed E-state index contributed by atoms with van der Waals surface area (Å²) < 4.78 is 12.0. The molecule has 2 atom stereocenters. The number of rotatable bonds is 8. The van der Waals surface area contributed by atoms with E-state index in [1.54, 1.807) is 6.08 Å². The second-order valence-electron chi connectivity index (χ2n) is 9.08. The van der Waals surface area contributed by atoms with Crippen molar-refractivity contribution in [2.24, 2.45) is 5.92 Å². The summed E-state index contributed by atoms with van der Waals surface area (Å²) in [4.78, 5) is 12.8. The Balaban J connectivity index is 1.51. The van der Waals surface area contributed by atoms with Crippen LogP contribution in [0.15, 0.2) is 66.2 Å². The standard InChI is InChI=1S/C30H32N2O3/c1-3-34-29-18-22(17-25(19-31)30(33)32-27-14-7-4-9-21(27)2)15-16-28(29)35-20-24-12-8-11-23-10-5-6-13-26(23)24/h5-6,8,10-13,15-18,21,27H,3-4,7,9,14,20H2,1-2H3,(H,32,33)/b25-17+/t21-,27-/m0/s1. The van der Waals surface area contributed by atoms with E-state index in [0.717, 1.165) is 30.2 Å². The summed E-state index contributed by atoms with van der Waals surface area (Å²) in [7, 11) is 0. The van der Waals surface area contributed by atoms with Gasteiger partial charge in [0.25, 0.3) is 5.91 Å². The molecule has 0 spiro atoms. The Morgan fingerprint density at radius 1 is 1.06 bits per heavy atom. The molecular formula is C30H32N2O3. The van der Waals surface area contributed by atoms with Crippen LogP contribution in [-0.2, 0) is 11.4 Å². The van der Waals surface area contributed by atoms with Crippen LogP contribution < -0.4 is 14.8 Å². The summed E-state index contributed by atoms with van der Waals surface area (Å²) in [5.74, 6) is 1.31. The zero-order chi connectivity index (χ0) is 24.6. The quantitative estimate of drug-likeness (QED) is 0.306. The zero-order valence-corrected chi connectivity index (χ0v) is 20.4. The van der Waals surface area contributed by atoms with Crippen LogP contribution in [0.3, 0.4) is 0 Å². The van der Waals surface area contributed by atoms with E-state index in [2.05, 4.69) is 42.6 Å². The third-order valence-corrected chi connectivity index (χ3v) is 6.63. The van der Waals surface area contributed by atoms with Gasteiger partial charge in [-0.1, -0.05) is 68.3 Å². The molecule has 0 heterocycles. The van der Waals surface area contributed by atoms with Gasteiger partial charge in [-0.15, -0.1) is 0 Å². The summed E-state index contributed by atoms with van der Waals surface area (Å²) in [6, 6.07) is 22.1. The zero-order valence-electron chi connectivity index (χ0n) is 20.4. The van der Waals surface area contributed by atoms with Crippen LogP contribution in [0.25, 0.3) is 16.8 Å². The van der Waals surface area contributed by atoms with Gasteiger partial charge in [-0.05, 0) is 65.8 Å². The van der Waals surface area contributed by atoms with Gasteiger partial charge in [0.2, 0.25) is 0 Å². The molecule has 0 bridgehead atoms. The fraction of sp³-hybridized carbons (Fsp3) is 0.333. The van der Waals surface area contributed by atoms with Gasteiger partial charge in [0.1, 0.15) is 18.2 Å². The molecule has 5 nitrogen and oxygen atoms in total. The van der Waals surface area contributed by atoms with Crippen molar-refractivity contribution in [3.63, 3.8) is 0 Å². The molecule has 1 saturated carbocycles. The van der Waals surface area contributed by atoms with Crippen LogP contribution in [0.2, 0.25) is 0 Å². The Morgan fingerprint density at radius 3 is 2.66 bits per heavy atom.